The van der Waals surface area contributed by atoms with Crippen LogP contribution in [0.3, 0.4) is 0 Å². The fourth-order valence-corrected chi connectivity index (χ4v) is 1.83. The molecule has 1 unspecified atom stereocenters. The Hall–Kier alpha value is -1.55. The second-order valence-corrected chi connectivity index (χ2v) is 4.62. The quantitative estimate of drug-likeness (QED) is 0.867. The molecule has 0 fully saturated rings. The van der Waals surface area contributed by atoms with Gasteiger partial charge in [-0.2, -0.15) is 0 Å². The van der Waals surface area contributed by atoms with Crippen LogP contribution in [-0.4, -0.2) is 48.0 Å². The summed E-state index contributed by atoms with van der Waals surface area (Å²) in [6.07, 6.45) is 0. The van der Waals surface area contributed by atoms with Crippen molar-refractivity contribution in [3.63, 3.8) is 0 Å². The maximum atomic E-state index is 11.7. The molecule has 0 aromatic heterocycles. The molecule has 0 aliphatic rings. The smallest absolute Gasteiger partial charge is 0.236 e. The van der Waals surface area contributed by atoms with Gasteiger partial charge in [-0.3, -0.25) is 9.69 Å². The lowest BCUT2D eigenvalue weighted by Crippen LogP contribution is -2.37. The van der Waals surface area contributed by atoms with Crippen LogP contribution < -0.4 is 0 Å². The van der Waals surface area contributed by atoms with Gasteiger partial charge < -0.3 is 10.0 Å². The normalized spacial score (nSPS) is 12.5. The zero-order valence-electron chi connectivity index (χ0n) is 11.6. The van der Waals surface area contributed by atoms with Crippen molar-refractivity contribution in [1.82, 2.24) is 9.80 Å². The van der Waals surface area contributed by atoms with Crippen molar-refractivity contribution in [3.8, 4) is 5.75 Å². The highest BCUT2D eigenvalue weighted by atomic mass is 16.3. The highest BCUT2D eigenvalue weighted by Gasteiger charge is 2.18. The van der Waals surface area contributed by atoms with E-state index in [-0.39, 0.29) is 17.7 Å². The van der Waals surface area contributed by atoms with Crippen LogP contribution in [0.15, 0.2) is 24.3 Å². The molecule has 0 aliphatic heterocycles. The third-order valence-corrected chi connectivity index (χ3v) is 3.14. The van der Waals surface area contributed by atoms with E-state index in [1.807, 2.05) is 26.0 Å². The Bertz CT molecular complexity index is 405. The predicted octanol–water partition coefficient (Wildman–Crippen LogP) is 1.86. The van der Waals surface area contributed by atoms with Gasteiger partial charge >= 0.3 is 0 Å². The summed E-state index contributed by atoms with van der Waals surface area (Å²) >= 11 is 0. The van der Waals surface area contributed by atoms with Crippen molar-refractivity contribution in [2.45, 2.75) is 19.9 Å². The van der Waals surface area contributed by atoms with Crippen LogP contribution in [-0.2, 0) is 4.79 Å². The largest absolute Gasteiger partial charge is 0.508 e. The van der Waals surface area contributed by atoms with Crippen LogP contribution >= 0.6 is 0 Å². The number of hydrogen-bond acceptors (Lipinski definition) is 3. The van der Waals surface area contributed by atoms with Gasteiger partial charge in [0.15, 0.2) is 0 Å². The Kier molecular flexibility index (Phi) is 5.16. The Morgan fingerprint density at radius 3 is 2.56 bits per heavy atom. The average molecular weight is 250 g/mol. The molecule has 1 rings (SSSR count). The monoisotopic (exact) mass is 250 g/mol. The molecule has 0 spiro atoms. The fourth-order valence-electron chi connectivity index (χ4n) is 1.83. The number of aromatic hydroxyl groups is 1. The molecular weight excluding hydrogens is 228 g/mol. The van der Waals surface area contributed by atoms with Crippen LogP contribution in [0.25, 0.3) is 0 Å². The van der Waals surface area contributed by atoms with Gasteiger partial charge in [-0.1, -0.05) is 19.1 Å². The Morgan fingerprint density at radius 2 is 2.06 bits per heavy atom. The van der Waals surface area contributed by atoms with Crippen molar-refractivity contribution >= 4 is 5.91 Å². The second kappa shape index (κ2) is 6.40. The second-order valence-electron chi connectivity index (χ2n) is 4.62. The maximum Gasteiger partial charge on any atom is 0.236 e. The third-order valence-electron chi connectivity index (χ3n) is 3.14. The molecule has 0 saturated heterocycles. The standard InChI is InChI=1S/C14H22N2O2/c1-5-16(10-14(18)15(3)4)11(2)12-7-6-8-13(17)9-12/h6-9,11,17H,5,10H2,1-4H3. The van der Waals surface area contributed by atoms with Crippen LogP contribution in [0.1, 0.15) is 25.5 Å². The Balaban J connectivity index is 2.79. The van der Waals surface area contributed by atoms with E-state index < -0.39 is 0 Å². The molecule has 0 aliphatic carbocycles. The number of amides is 1. The molecular formula is C14H22N2O2. The van der Waals surface area contributed by atoms with Crippen LogP contribution in [0.2, 0.25) is 0 Å². The molecule has 4 nitrogen and oxygen atoms in total. The van der Waals surface area contributed by atoms with E-state index in [1.54, 1.807) is 31.1 Å². The molecule has 0 heterocycles. The molecule has 1 amide bonds. The SMILES string of the molecule is CCN(CC(=O)N(C)C)C(C)c1cccc(O)c1. The van der Waals surface area contributed by atoms with Crippen LogP contribution in [0.5, 0.6) is 5.75 Å². The van der Waals surface area contributed by atoms with E-state index >= 15 is 0 Å². The van der Waals surface area contributed by atoms with E-state index in [0.29, 0.717) is 6.54 Å². The summed E-state index contributed by atoms with van der Waals surface area (Å²) in [6.45, 7) is 5.25. The van der Waals surface area contributed by atoms with Gasteiger partial charge in [0.2, 0.25) is 5.91 Å². The van der Waals surface area contributed by atoms with Crippen LogP contribution in [0.4, 0.5) is 0 Å². The lowest BCUT2D eigenvalue weighted by molar-refractivity contribution is -0.130. The van der Waals surface area contributed by atoms with Gasteiger partial charge in [0.25, 0.3) is 0 Å². The summed E-state index contributed by atoms with van der Waals surface area (Å²) < 4.78 is 0. The highest BCUT2D eigenvalue weighted by molar-refractivity contribution is 5.77. The van der Waals surface area contributed by atoms with E-state index in [9.17, 15) is 9.90 Å². The van der Waals surface area contributed by atoms with Crippen molar-refractivity contribution in [2.24, 2.45) is 0 Å². The average Bonchev–Trinajstić information content (AvgIpc) is 2.34. The Morgan fingerprint density at radius 1 is 1.39 bits per heavy atom. The van der Waals surface area contributed by atoms with Gasteiger partial charge in [-0.05, 0) is 31.2 Å². The van der Waals surface area contributed by atoms with Crippen LogP contribution in [0, 0.1) is 0 Å². The first-order valence-electron chi connectivity index (χ1n) is 6.18. The minimum atomic E-state index is 0.0869. The molecule has 100 valence electrons. The van der Waals surface area contributed by atoms with E-state index in [2.05, 4.69) is 4.90 Å². The zero-order chi connectivity index (χ0) is 13.7. The number of carbonyl (C=O) groups excluding carboxylic acids is 1. The zero-order valence-corrected chi connectivity index (χ0v) is 11.6. The van der Waals surface area contributed by atoms with E-state index in [4.69, 9.17) is 0 Å². The molecule has 1 atom stereocenters. The number of benzene rings is 1. The van der Waals surface area contributed by atoms with Crippen molar-refractivity contribution in [2.75, 3.05) is 27.2 Å². The topological polar surface area (TPSA) is 43.8 Å². The predicted molar refractivity (Wildman–Crippen MR) is 72.5 cm³/mol. The van der Waals surface area contributed by atoms with Gasteiger partial charge in [0.1, 0.15) is 5.75 Å². The van der Waals surface area contributed by atoms with Gasteiger partial charge in [0.05, 0.1) is 6.54 Å². The first-order chi connectivity index (χ1) is 8.45. The Labute approximate surface area is 109 Å². The minimum absolute atomic E-state index is 0.0869. The lowest BCUT2D eigenvalue weighted by Gasteiger charge is -2.28. The highest BCUT2D eigenvalue weighted by Crippen LogP contribution is 2.23. The number of rotatable bonds is 5. The van der Waals surface area contributed by atoms with Gasteiger partial charge in [-0.15, -0.1) is 0 Å². The third kappa shape index (κ3) is 3.74. The number of carbonyl (C=O) groups is 1. The first kappa shape index (κ1) is 14.5. The van der Waals surface area contributed by atoms with Gasteiger partial charge in [-0.25, -0.2) is 0 Å². The molecule has 1 aromatic rings. The van der Waals surface area contributed by atoms with Crippen molar-refractivity contribution in [1.29, 1.82) is 0 Å². The molecule has 0 saturated carbocycles. The summed E-state index contributed by atoms with van der Waals surface area (Å²) in [5.41, 5.74) is 1.02. The van der Waals surface area contributed by atoms with Crippen molar-refractivity contribution in [3.05, 3.63) is 29.8 Å². The number of phenolic OH excluding ortho intramolecular Hbond substituents is 1. The number of phenols is 1. The summed E-state index contributed by atoms with van der Waals surface area (Å²) in [4.78, 5) is 15.4. The van der Waals surface area contributed by atoms with E-state index in [1.165, 1.54) is 0 Å². The summed E-state index contributed by atoms with van der Waals surface area (Å²) in [5, 5.41) is 9.49. The lowest BCUT2D eigenvalue weighted by atomic mass is 10.1. The molecule has 4 heteroatoms. The summed E-state index contributed by atoms with van der Waals surface area (Å²) in [7, 11) is 3.52. The first-order valence-corrected chi connectivity index (χ1v) is 6.18. The summed E-state index contributed by atoms with van der Waals surface area (Å²) in [6, 6.07) is 7.28. The number of nitrogens with zero attached hydrogens (tertiary/aromatic N) is 2. The fraction of sp³-hybridized carbons (Fsp3) is 0.500. The molecule has 1 aromatic carbocycles. The molecule has 18 heavy (non-hydrogen) atoms. The van der Waals surface area contributed by atoms with Crippen molar-refractivity contribution < 1.29 is 9.90 Å². The number of likely N-dealkylation sites (N-methyl/N-ethyl adjacent to an activating group) is 2. The van der Waals surface area contributed by atoms with Gasteiger partial charge in [0, 0.05) is 20.1 Å². The number of hydrogen-bond donors (Lipinski definition) is 1. The minimum Gasteiger partial charge on any atom is -0.508 e. The summed E-state index contributed by atoms with van der Waals surface area (Å²) in [5.74, 6) is 0.346. The molecule has 0 bridgehead atoms. The molecule has 1 N–H and O–H groups in total. The maximum absolute atomic E-state index is 11.7. The van der Waals surface area contributed by atoms with E-state index in [0.717, 1.165) is 12.1 Å². The molecule has 0 radical (unpaired) electrons.